The molecule has 3 rings (SSSR count). The van der Waals surface area contributed by atoms with Crippen LogP contribution in [0.5, 0.6) is 0 Å². The standard InChI is InChI=1S/C22H28N2/c1-5-16-13-19(23-18-11-9-8-10-12-18)14-20-17(6-2)15-22(4,7-3)24-21(16)20/h8-15,23-24H,5-7H2,1-4H3. The molecule has 1 heterocycles. The van der Waals surface area contributed by atoms with Crippen molar-refractivity contribution in [3.63, 3.8) is 0 Å². The van der Waals surface area contributed by atoms with E-state index < -0.39 is 0 Å². The van der Waals surface area contributed by atoms with Gasteiger partial charge in [-0.1, -0.05) is 45.0 Å². The van der Waals surface area contributed by atoms with E-state index in [1.54, 1.807) is 0 Å². The monoisotopic (exact) mass is 320 g/mol. The van der Waals surface area contributed by atoms with Crippen LogP contribution in [0.25, 0.3) is 5.57 Å². The van der Waals surface area contributed by atoms with Crippen molar-refractivity contribution in [1.29, 1.82) is 0 Å². The summed E-state index contributed by atoms with van der Waals surface area (Å²) in [5.41, 5.74) is 7.84. The molecule has 2 aromatic rings. The Morgan fingerprint density at radius 2 is 1.71 bits per heavy atom. The van der Waals surface area contributed by atoms with Crippen LogP contribution < -0.4 is 10.6 Å². The summed E-state index contributed by atoms with van der Waals surface area (Å²) in [7, 11) is 0. The second-order valence-electron chi connectivity index (χ2n) is 6.82. The van der Waals surface area contributed by atoms with E-state index in [9.17, 15) is 0 Å². The van der Waals surface area contributed by atoms with Gasteiger partial charge in [-0.05, 0) is 61.6 Å². The minimum Gasteiger partial charge on any atom is -0.376 e. The molecule has 0 amide bonds. The van der Waals surface area contributed by atoms with Crippen LogP contribution in [0.1, 0.15) is 51.7 Å². The van der Waals surface area contributed by atoms with E-state index in [1.165, 1.54) is 22.4 Å². The molecule has 0 saturated carbocycles. The summed E-state index contributed by atoms with van der Waals surface area (Å²) >= 11 is 0. The summed E-state index contributed by atoms with van der Waals surface area (Å²) in [6.07, 6.45) is 5.59. The Morgan fingerprint density at radius 1 is 0.958 bits per heavy atom. The van der Waals surface area contributed by atoms with Crippen LogP contribution in [0.2, 0.25) is 0 Å². The lowest BCUT2D eigenvalue weighted by Gasteiger charge is -2.36. The van der Waals surface area contributed by atoms with Gasteiger partial charge in [-0.3, -0.25) is 0 Å². The van der Waals surface area contributed by atoms with Gasteiger partial charge >= 0.3 is 0 Å². The van der Waals surface area contributed by atoms with E-state index in [1.807, 2.05) is 6.07 Å². The SMILES string of the molecule is CCC1=CC(C)(CC)Nc2c(CC)cc(Nc3ccccc3)cc21. The molecular formula is C22H28N2. The predicted octanol–water partition coefficient (Wildman–Crippen LogP) is 6.38. The van der Waals surface area contributed by atoms with Gasteiger partial charge in [0, 0.05) is 22.6 Å². The largest absolute Gasteiger partial charge is 0.376 e. The number of hydrogen-bond donors (Lipinski definition) is 2. The van der Waals surface area contributed by atoms with Gasteiger partial charge in [0.2, 0.25) is 0 Å². The third-order valence-corrected chi connectivity index (χ3v) is 5.03. The van der Waals surface area contributed by atoms with Crippen LogP contribution in [0.4, 0.5) is 17.1 Å². The number of para-hydroxylation sites is 1. The molecule has 2 heteroatoms. The summed E-state index contributed by atoms with van der Waals surface area (Å²) in [6.45, 7) is 9.02. The highest BCUT2D eigenvalue weighted by atomic mass is 15.0. The molecule has 0 aromatic heterocycles. The van der Waals surface area contributed by atoms with Crippen LogP contribution >= 0.6 is 0 Å². The Labute approximate surface area is 146 Å². The second-order valence-corrected chi connectivity index (χ2v) is 6.82. The van der Waals surface area contributed by atoms with Gasteiger partial charge in [0.1, 0.15) is 0 Å². The maximum absolute atomic E-state index is 3.79. The van der Waals surface area contributed by atoms with Gasteiger partial charge in [0.05, 0.1) is 5.54 Å². The molecule has 1 unspecified atom stereocenters. The Kier molecular flexibility index (Phi) is 4.66. The first-order valence-corrected chi connectivity index (χ1v) is 9.07. The number of aryl methyl sites for hydroxylation is 1. The number of anilines is 3. The predicted molar refractivity (Wildman–Crippen MR) is 106 cm³/mol. The maximum atomic E-state index is 3.79. The van der Waals surface area contributed by atoms with Gasteiger partial charge in [-0.25, -0.2) is 0 Å². The number of nitrogens with one attached hydrogen (secondary N) is 2. The molecule has 2 aromatic carbocycles. The molecule has 2 nitrogen and oxygen atoms in total. The number of fused-ring (bicyclic) bond motifs is 1. The summed E-state index contributed by atoms with van der Waals surface area (Å²) in [6, 6.07) is 15.0. The smallest absolute Gasteiger partial charge is 0.0531 e. The first-order chi connectivity index (χ1) is 11.6. The van der Waals surface area contributed by atoms with Crippen molar-refractivity contribution < 1.29 is 0 Å². The Balaban J connectivity index is 2.06. The molecule has 0 aliphatic carbocycles. The van der Waals surface area contributed by atoms with Crippen molar-refractivity contribution in [3.05, 3.63) is 59.7 Å². The van der Waals surface area contributed by atoms with Crippen LogP contribution in [0.15, 0.2) is 48.5 Å². The van der Waals surface area contributed by atoms with E-state index in [0.29, 0.717) is 0 Å². The number of allylic oxidation sites excluding steroid dienone is 1. The molecular weight excluding hydrogens is 292 g/mol. The summed E-state index contributed by atoms with van der Waals surface area (Å²) in [4.78, 5) is 0. The van der Waals surface area contributed by atoms with Gasteiger partial charge in [-0.2, -0.15) is 0 Å². The van der Waals surface area contributed by atoms with Crippen molar-refractivity contribution in [3.8, 4) is 0 Å². The molecule has 0 saturated heterocycles. The molecule has 1 aliphatic rings. The average molecular weight is 320 g/mol. The Bertz CT molecular complexity index is 746. The third kappa shape index (κ3) is 3.19. The summed E-state index contributed by atoms with van der Waals surface area (Å²) < 4.78 is 0. The maximum Gasteiger partial charge on any atom is 0.0531 e. The topological polar surface area (TPSA) is 24.1 Å². The van der Waals surface area contributed by atoms with Crippen LogP contribution in [-0.4, -0.2) is 5.54 Å². The lowest BCUT2D eigenvalue weighted by molar-refractivity contribution is 0.606. The highest BCUT2D eigenvalue weighted by Gasteiger charge is 2.28. The zero-order chi connectivity index (χ0) is 17.2. The zero-order valence-corrected chi connectivity index (χ0v) is 15.2. The average Bonchev–Trinajstić information content (AvgIpc) is 2.61. The van der Waals surface area contributed by atoms with Crippen molar-refractivity contribution in [1.82, 2.24) is 0 Å². The molecule has 24 heavy (non-hydrogen) atoms. The molecule has 0 fully saturated rings. The molecule has 0 radical (unpaired) electrons. The minimum atomic E-state index is 0.0522. The van der Waals surface area contributed by atoms with Crippen LogP contribution in [-0.2, 0) is 6.42 Å². The highest BCUT2D eigenvalue weighted by molar-refractivity contribution is 5.86. The molecule has 126 valence electrons. The molecule has 2 N–H and O–H groups in total. The van der Waals surface area contributed by atoms with Gasteiger partial charge in [-0.15, -0.1) is 0 Å². The van der Waals surface area contributed by atoms with E-state index in [4.69, 9.17) is 0 Å². The molecule has 1 atom stereocenters. The van der Waals surface area contributed by atoms with Crippen molar-refractivity contribution in [2.45, 2.75) is 52.5 Å². The zero-order valence-electron chi connectivity index (χ0n) is 15.2. The van der Waals surface area contributed by atoms with Crippen molar-refractivity contribution in [2.24, 2.45) is 0 Å². The Morgan fingerprint density at radius 3 is 2.33 bits per heavy atom. The number of hydrogen-bond acceptors (Lipinski definition) is 2. The minimum absolute atomic E-state index is 0.0522. The summed E-state index contributed by atoms with van der Waals surface area (Å²) in [5.74, 6) is 0. The van der Waals surface area contributed by atoms with Gasteiger partial charge < -0.3 is 10.6 Å². The first kappa shape index (κ1) is 16.6. The highest BCUT2D eigenvalue weighted by Crippen LogP contribution is 2.41. The van der Waals surface area contributed by atoms with Crippen LogP contribution in [0, 0.1) is 0 Å². The molecule has 0 bridgehead atoms. The van der Waals surface area contributed by atoms with Gasteiger partial charge in [0.15, 0.2) is 0 Å². The Hall–Kier alpha value is -2.22. The number of rotatable bonds is 5. The van der Waals surface area contributed by atoms with E-state index >= 15 is 0 Å². The quantitative estimate of drug-likeness (QED) is 0.668. The van der Waals surface area contributed by atoms with E-state index in [-0.39, 0.29) is 5.54 Å². The fraction of sp³-hybridized carbons (Fsp3) is 0.364. The lowest BCUT2D eigenvalue weighted by atomic mass is 9.84. The third-order valence-electron chi connectivity index (χ3n) is 5.03. The second kappa shape index (κ2) is 6.72. The van der Waals surface area contributed by atoms with E-state index in [0.717, 1.165) is 30.6 Å². The van der Waals surface area contributed by atoms with Crippen molar-refractivity contribution >= 4 is 22.6 Å². The van der Waals surface area contributed by atoms with Crippen molar-refractivity contribution in [2.75, 3.05) is 10.6 Å². The van der Waals surface area contributed by atoms with Gasteiger partial charge in [0.25, 0.3) is 0 Å². The first-order valence-electron chi connectivity index (χ1n) is 9.07. The normalized spacial score (nSPS) is 19.2. The molecule has 0 spiro atoms. The fourth-order valence-electron chi connectivity index (χ4n) is 3.41. The van der Waals surface area contributed by atoms with E-state index in [2.05, 4.69) is 80.8 Å². The molecule has 1 aliphatic heterocycles. The lowest BCUT2D eigenvalue weighted by Crippen LogP contribution is -2.35. The fourth-order valence-corrected chi connectivity index (χ4v) is 3.41. The van der Waals surface area contributed by atoms with Crippen LogP contribution in [0.3, 0.4) is 0 Å². The summed E-state index contributed by atoms with van der Waals surface area (Å²) in [5, 5.41) is 7.35. The number of benzene rings is 2.